The van der Waals surface area contributed by atoms with E-state index in [4.69, 9.17) is 4.74 Å². The zero-order valence-corrected chi connectivity index (χ0v) is 11.2. The monoisotopic (exact) mass is 237 g/mol. The van der Waals surface area contributed by atoms with Crippen molar-refractivity contribution in [2.75, 3.05) is 6.61 Å². The minimum atomic E-state index is 0.297. The number of hydrogen-bond donors (Lipinski definition) is 1. The SMILES string of the molecule is CC(NC1CCOC2(CCC2)C1)C1CCCC1. The van der Waals surface area contributed by atoms with Crippen LogP contribution in [-0.2, 0) is 4.74 Å². The molecule has 2 saturated carbocycles. The lowest BCUT2D eigenvalue weighted by molar-refractivity contribution is -0.136. The van der Waals surface area contributed by atoms with Gasteiger partial charge in [0.25, 0.3) is 0 Å². The highest BCUT2D eigenvalue weighted by Crippen LogP contribution is 2.42. The molecule has 3 fully saturated rings. The fraction of sp³-hybridized carbons (Fsp3) is 1.00. The van der Waals surface area contributed by atoms with E-state index in [2.05, 4.69) is 12.2 Å². The Bertz CT molecular complexity index is 256. The molecule has 1 N–H and O–H groups in total. The van der Waals surface area contributed by atoms with Crippen LogP contribution in [0.15, 0.2) is 0 Å². The van der Waals surface area contributed by atoms with Crippen molar-refractivity contribution >= 4 is 0 Å². The molecule has 1 heterocycles. The predicted octanol–water partition coefficient (Wildman–Crippen LogP) is 3.26. The lowest BCUT2D eigenvalue weighted by Crippen LogP contribution is -2.53. The van der Waals surface area contributed by atoms with Crippen molar-refractivity contribution in [1.29, 1.82) is 0 Å². The summed E-state index contributed by atoms with van der Waals surface area (Å²) < 4.78 is 6.00. The lowest BCUT2D eigenvalue weighted by atomic mass is 9.73. The molecule has 2 heteroatoms. The maximum absolute atomic E-state index is 6.00. The first kappa shape index (κ1) is 12.0. The van der Waals surface area contributed by atoms with Crippen molar-refractivity contribution in [3.63, 3.8) is 0 Å². The van der Waals surface area contributed by atoms with Crippen LogP contribution in [0, 0.1) is 5.92 Å². The van der Waals surface area contributed by atoms with Gasteiger partial charge in [0, 0.05) is 18.7 Å². The van der Waals surface area contributed by atoms with Crippen LogP contribution in [0.25, 0.3) is 0 Å². The Labute approximate surface area is 105 Å². The maximum atomic E-state index is 6.00. The summed E-state index contributed by atoms with van der Waals surface area (Å²) in [4.78, 5) is 0. The minimum absolute atomic E-state index is 0.297. The molecule has 2 aliphatic carbocycles. The van der Waals surface area contributed by atoms with E-state index in [1.165, 1.54) is 57.8 Å². The summed E-state index contributed by atoms with van der Waals surface area (Å²) in [5.74, 6) is 0.940. The Balaban J connectivity index is 1.50. The summed E-state index contributed by atoms with van der Waals surface area (Å²) in [5, 5.41) is 3.90. The van der Waals surface area contributed by atoms with Gasteiger partial charge in [-0.05, 0) is 57.8 Å². The number of rotatable bonds is 3. The molecule has 0 amide bonds. The first-order valence-corrected chi connectivity index (χ1v) is 7.67. The Morgan fingerprint density at radius 2 is 1.88 bits per heavy atom. The minimum Gasteiger partial charge on any atom is -0.375 e. The number of hydrogen-bond acceptors (Lipinski definition) is 2. The van der Waals surface area contributed by atoms with Crippen LogP contribution in [0.1, 0.15) is 64.7 Å². The molecule has 98 valence electrons. The molecule has 2 nitrogen and oxygen atoms in total. The van der Waals surface area contributed by atoms with Gasteiger partial charge in [-0.25, -0.2) is 0 Å². The van der Waals surface area contributed by atoms with E-state index in [1.54, 1.807) is 0 Å². The molecule has 1 saturated heterocycles. The average Bonchev–Trinajstić information content (AvgIpc) is 2.81. The van der Waals surface area contributed by atoms with Gasteiger partial charge < -0.3 is 10.1 Å². The van der Waals surface area contributed by atoms with Gasteiger partial charge in [0.15, 0.2) is 0 Å². The average molecular weight is 237 g/mol. The molecule has 17 heavy (non-hydrogen) atoms. The molecular formula is C15H27NO. The Morgan fingerprint density at radius 3 is 2.53 bits per heavy atom. The molecule has 0 aromatic heterocycles. The molecule has 2 atom stereocenters. The maximum Gasteiger partial charge on any atom is 0.0697 e. The van der Waals surface area contributed by atoms with E-state index in [0.717, 1.165) is 24.6 Å². The van der Waals surface area contributed by atoms with Gasteiger partial charge in [-0.2, -0.15) is 0 Å². The molecule has 2 unspecified atom stereocenters. The lowest BCUT2D eigenvalue weighted by Gasteiger charge is -2.48. The Kier molecular flexibility index (Phi) is 3.45. The summed E-state index contributed by atoms with van der Waals surface area (Å²) in [5.41, 5.74) is 0.297. The normalized spacial score (nSPS) is 34.8. The molecule has 0 radical (unpaired) electrons. The van der Waals surface area contributed by atoms with Crippen molar-refractivity contribution in [2.45, 2.75) is 82.4 Å². The quantitative estimate of drug-likeness (QED) is 0.813. The molecular weight excluding hydrogens is 210 g/mol. The van der Waals surface area contributed by atoms with Gasteiger partial charge in [-0.1, -0.05) is 12.8 Å². The molecule has 0 aromatic rings. The van der Waals surface area contributed by atoms with Gasteiger partial charge in [-0.3, -0.25) is 0 Å². The molecule has 1 aliphatic heterocycles. The van der Waals surface area contributed by atoms with Crippen molar-refractivity contribution in [2.24, 2.45) is 5.92 Å². The van der Waals surface area contributed by atoms with Gasteiger partial charge >= 0.3 is 0 Å². The molecule has 0 aromatic carbocycles. The zero-order chi connectivity index (χ0) is 11.7. The highest BCUT2D eigenvalue weighted by Gasteiger charge is 2.42. The Morgan fingerprint density at radius 1 is 1.12 bits per heavy atom. The highest BCUT2D eigenvalue weighted by atomic mass is 16.5. The van der Waals surface area contributed by atoms with E-state index in [0.29, 0.717) is 5.60 Å². The second kappa shape index (κ2) is 4.89. The standard InChI is InChI=1S/C15H27NO/c1-12(13-5-2-3-6-13)16-14-7-10-17-15(11-14)8-4-9-15/h12-14,16H,2-11H2,1H3. The molecule has 3 aliphatic rings. The van der Waals surface area contributed by atoms with E-state index in [-0.39, 0.29) is 0 Å². The van der Waals surface area contributed by atoms with Crippen LogP contribution in [0.4, 0.5) is 0 Å². The first-order chi connectivity index (χ1) is 8.27. The van der Waals surface area contributed by atoms with Crippen molar-refractivity contribution < 1.29 is 4.74 Å². The van der Waals surface area contributed by atoms with E-state index < -0.39 is 0 Å². The van der Waals surface area contributed by atoms with Crippen LogP contribution in [-0.4, -0.2) is 24.3 Å². The predicted molar refractivity (Wildman–Crippen MR) is 70.1 cm³/mol. The summed E-state index contributed by atoms with van der Waals surface area (Å²) in [7, 11) is 0. The third-order valence-corrected chi connectivity index (χ3v) is 5.36. The Hall–Kier alpha value is -0.0800. The molecule has 0 bridgehead atoms. The van der Waals surface area contributed by atoms with Crippen molar-refractivity contribution in [3.8, 4) is 0 Å². The second-order valence-electron chi connectivity index (χ2n) is 6.57. The summed E-state index contributed by atoms with van der Waals surface area (Å²) >= 11 is 0. The number of ether oxygens (including phenoxy) is 1. The third-order valence-electron chi connectivity index (χ3n) is 5.36. The highest BCUT2D eigenvalue weighted by molar-refractivity contribution is 4.97. The van der Waals surface area contributed by atoms with Crippen molar-refractivity contribution in [1.82, 2.24) is 5.32 Å². The van der Waals surface area contributed by atoms with Gasteiger partial charge in [0.1, 0.15) is 0 Å². The fourth-order valence-corrected chi connectivity index (χ4v) is 4.05. The molecule has 3 rings (SSSR count). The van der Waals surface area contributed by atoms with Crippen LogP contribution in [0.3, 0.4) is 0 Å². The van der Waals surface area contributed by atoms with Gasteiger partial charge in [-0.15, -0.1) is 0 Å². The van der Waals surface area contributed by atoms with Crippen LogP contribution in [0.5, 0.6) is 0 Å². The van der Waals surface area contributed by atoms with E-state index >= 15 is 0 Å². The van der Waals surface area contributed by atoms with Crippen LogP contribution in [0.2, 0.25) is 0 Å². The fourth-order valence-electron chi connectivity index (χ4n) is 4.05. The van der Waals surface area contributed by atoms with Crippen LogP contribution < -0.4 is 5.32 Å². The largest absolute Gasteiger partial charge is 0.375 e. The topological polar surface area (TPSA) is 21.3 Å². The van der Waals surface area contributed by atoms with Gasteiger partial charge in [0.2, 0.25) is 0 Å². The number of nitrogens with one attached hydrogen (secondary N) is 1. The third kappa shape index (κ3) is 2.53. The van der Waals surface area contributed by atoms with Crippen molar-refractivity contribution in [3.05, 3.63) is 0 Å². The summed E-state index contributed by atoms with van der Waals surface area (Å²) in [6, 6.07) is 1.44. The van der Waals surface area contributed by atoms with Crippen LogP contribution >= 0.6 is 0 Å². The van der Waals surface area contributed by atoms with E-state index in [9.17, 15) is 0 Å². The summed E-state index contributed by atoms with van der Waals surface area (Å²) in [6.45, 7) is 3.38. The second-order valence-corrected chi connectivity index (χ2v) is 6.57. The smallest absolute Gasteiger partial charge is 0.0697 e. The molecule has 1 spiro atoms. The summed E-state index contributed by atoms with van der Waals surface area (Å²) in [6.07, 6.45) is 12.3. The zero-order valence-electron chi connectivity index (χ0n) is 11.2. The van der Waals surface area contributed by atoms with Gasteiger partial charge in [0.05, 0.1) is 5.60 Å². The van der Waals surface area contributed by atoms with E-state index in [1.807, 2.05) is 0 Å². The first-order valence-electron chi connectivity index (χ1n) is 7.67.